The van der Waals surface area contributed by atoms with Gasteiger partial charge >= 0.3 is 0 Å². The van der Waals surface area contributed by atoms with Crippen molar-refractivity contribution in [3.63, 3.8) is 0 Å². The van der Waals surface area contributed by atoms with Crippen LogP contribution in [-0.2, 0) is 4.79 Å². The molecule has 0 atom stereocenters. The number of likely N-dealkylation sites (tertiary alicyclic amines) is 1. The molecule has 3 heteroatoms. The number of hydrogen-bond donors (Lipinski definition) is 1. The molecule has 0 unspecified atom stereocenters. The van der Waals surface area contributed by atoms with E-state index in [1.807, 2.05) is 13.2 Å². The van der Waals surface area contributed by atoms with Crippen LogP contribution in [0, 0.1) is 0 Å². The second kappa shape index (κ2) is 3.37. The summed E-state index contributed by atoms with van der Waals surface area (Å²) in [5.74, 6) is 0. The van der Waals surface area contributed by atoms with Crippen molar-refractivity contribution in [3.8, 4) is 0 Å². The van der Waals surface area contributed by atoms with Crippen LogP contribution in [-0.4, -0.2) is 37.4 Å². The summed E-state index contributed by atoms with van der Waals surface area (Å²) in [4.78, 5) is 12.0. The minimum absolute atomic E-state index is 0.608. The first kappa shape index (κ1) is 7.28. The zero-order valence-electron chi connectivity index (χ0n) is 6.08. The molecule has 0 saturated carbocycles. The number of allylic oxidation sites excluding steroid dienone is 1. The Bertz CT molecular complexity index is 139. The standard InChI is InChI=1S/C7H12N2O/c1-8-7-5-9(6-7)3-2-4-10/h2-4,7-8H,5-6H2,1H3. The van der Waals surface area contributed by atoms with Crippen molar-refractivity contribution in [1.29, 1.82) is 0 Å². The van der Waals surface area contributed by atoms with Crippen molar-refractivity contribution in [2.24, 2.45) is 0 Å². The lowest BCUT2D eigenvalue weighted by atomic mass is 10.1. The largest absolute Gasteiger partial charge is 0.374 e. The van der Waals surface area contributed by atoms with Gasteiger partial charge in [0.1, 0.15) is 6.29 Å². The van der Waals surface area contributed by atoms with Gasteiger partial charge < -0.3 is 10.2 Å². The highest BCUT2D eigenvalue weighted by Crippen LogP contribution is 2.06. The smallest absolute Gasteiger partial charge is 0.144 e. The Balaban J connectivity index is 2.13. The van der Waals surface area contributed by atoms with Crippen molar-refractivity contribution in [2.45, 2.75) is 6.04 Å². The van der Waals surface area contributed by atoms with Crippen LogP contribution in [0.5, 0.6) is 0 Å². The molecule has 0 aromatic rings. The van der Waals surface area contributed by atoms with Gasteiger partial charge in [-0.15, -0.1) is 0 Å². The van der Waals surface area contributed by atoms with Gasteiger partial charge in [0.25, 0.3) is 0 Å². The number of rotatable bonds is 3. The Morgan fingerprint density at radius 2 is 2.30 bits per heavy atom. The van der Waals surface area contributed by atoms with Crippen LogP contribution in [0.2, 0.25) is 0 Å². The molecule has 1 heterocycles. The molecule has 3 nitrogen and oxygen atoms in total. The second-order valence-corrected chi connectivity index (χ2v) is 2.42. The zero-order chi connectivity index (χ0) is 7.40. The summed E-state index contributed by atoms with van der Waals surface area (Å²) in [5.41, 5.74) is 0. The van der Waals surface area contributed by atoms with Crippen LogP contribution < -0.4 is 5.32 Å². The van der Waals surface area contributed by atoms with Gasteiger partial charge in [-0.25, -0.2) is 0 Å². The molecular formula is C7H12N2O. The van der Waals surface area contributed by atoms with Gasteiger partial charge in [-0.3, -0.25) is 4.79 Å². The first-order valence-electron chi connectivity index (χ1n) is 3.40. The second-order valence-electron chi connectivity index (χ2n) is 2.42. The number of carbonyl (C=O) groups excluding carboxylic acids is 1. The van der Waals surface area contributed by atoms with Crippen LogP contribution in [0.25, 0.3) is 0 Å². The Morgan fingerprint density at radius 1 is 1.60 bits per heavy atom. The summed E-state index contributed by atoms with van der Waals surface area (Å²) < 4.78 is 0. The van der Waals surface area contributed by atoms with Crippen LogP contribution in [0.4, 0.5) is 0 Å². The summed E-state index contributed by atoms with van der Waals surface area (Å²) in [7, 11) is 1.95. The fraction of sp³-hybridized carbons (Fsp3) is 0.571. The lowest BCUT2D eigenvalue weighted by Crippen LogP contribution is -2.54. The number of likely N-dealkylation sites (N-methyl/N-ethyl adjacent to an activating group) is 1. The number of hydrogen-bond acceptors (Lipinski definition) is 3. The third-order valence-corrected chi connectivity index (χ3v) is 1.69. The van der Waals surface area contributed by atoms with Gasteiger partial charge in [0.2, 0.25) is 0 Å². The average molecular weight is 140 g/mol. The van der Waals surface area contributed by atoms with E-state index >= 15 is 0 Å². The molecule has 0 amide bonds. The van der Waals surface area contributed by atoms with Gasteiger partial charge in [-0.1, -0.05) is 0 Å². The van der Waals surface area contributed by atoms with Crippen molar-refractivity contribution in [2.75, 3.05) is 20.1 Å². The van der Waals surface area contributed by atoms with Gasteiger partial charge in [-0.2, -0.15) is 0 Å². The van der Waals surface area contributed by atoms with Crippen molar-refractivity contribution in [1.82, 2.24) is 10.2 Å². The maximum Gasteiger partial charge on any atom is 0.144 e. The number of nitrogens with one attached hydrogen (secondary N) is 1. The van der Waals surface area contributed by atoms with E-state index in [4.69, 9.17) is 0 Å². The maximum atomic E-state index is 9.87. The summed E-state index contributed by atoms with van der Waals surface area (Å²) in [6.07, 6.45) is 4.14. The zero-order valence-corrected chi connectivity index (χ0v) is 6.08. The molecule has 0 radical (unpaired) electrons. The monoisotopic (exact) mass is 140 g/mol. The molecule has 0 spiro atoms. The lowest BCUT2D eigenvalue weighted by molar-refractivity contribution is -0.104. The third-order valence-electron chi connectivity index (χ3n) is 1.69. The highest BCUT2D eigenvalue weighted by Gasteiger charge is 2.21. The Morgan fingerprint density at radius 3 is 2.80 bits per heavy atom. The Hall–Kier alpha value is -0.830. The van der Waals surface area contributed by atoms with E-state index in [2.05, 4.69) is 10.2 Å². The number of nitrogens with zero attached hydrogens (tertiary/aromatic N) is 1. The van der Waals surface area contributed by atoms with E-state index in [0.717, 1.165) is 19.4 Å². The van der Waals surface area contributed by atoms with Gasteiger partial charge in [0.05, 0.1) is 0 Å². The topological polar surface area (TPSA) is 32.3 Å². The molecule has 0 bridgehead atoms. The number of carbonyl (C=O) groups is 1. The average Bonchev–Trinajstić information content (AvgIpc) is 1.86. The fourth-order valence-corrected chi connectivity index (χ4v) is 0.974. The molecule has 10 heavy (non-hydrogen) atoms. The highest BCUT2D eigenvalue weighted by molar-refractivity contribution is 5.64. The molecule has 0 aromatic heterocycles. The van der Waals surface area contributed by atoms with Crippen molar-refractivity contribution in [3.05, 3.63) is 12.3 Å². The molecule has 1 N–H and O–H groups in total. The van der Waals surface area contributed by atoms with Crippen LogP contribution in [0.15, 0.2) is 12.3 Å². The first-order valence-corrected chi connectivity index (χ1v) is 3.40. The first-order chi connectivity index (χ1) is 4.86. The highest BCUT2D eigenvalue weighted by atomic mass is 16.1. The molecule has 1 aliphatic rings. The quantitative estimate of drug-likeness (QED) is 0.428. The summed E-state index contributed by atoms with van der Waals surface area (Å²) in [6.45, 7) is 2.03. The van der Waals surface area contributed by atoms with Gasteiger partial charge in [0, 0.05) is 25.3 Å². The lowest BCUT2D eigenvalue weighted by Gasteiger charge is -2.38. The van der Waals surface area contributed by atoms with Crippen molar-refractivity contribution < 1.29 is 4.79 Å². The molecule has 0 aromatic carbocycles. The molecule has 0 aliphatic carbocycles. The molecule has 1 rings (SSSR count). The van der Waals surface area contributed by atoms with Crippen LogP contribution in [0.1, 0.15) is 0 Å². The SMILES string of the molecule is CNC1CN(C=CC=O)C1. The molecule has 1 aliphatic heterocycles. The molecule has 1 saturated heterocycles. The Kier molecular flexibility index (Phi) is 2.45. The predicted molar refractivity (Wildman–Crippen MR) is 39.6 cm³/mol. The minimum atomic E-state index is 0.608. The van der Waals surface area contributed by atoms with E-state index in [1.165, 1.54) is 6.08 Å². The normalized spacial score (nSPS) is 19.5. The van der Waals surface area contributed by atoms with E-state index in [0.29, 0.717) is 6.04 Å². The molecule has 56 valence electrons. The van der Waals surface area contributed by atoms with Gasteiger partial charge in [-0.05, 0) is 13.1 Å². The van der Waals surface area contributed by atoms with Crippen molar-refractivity contribution >= 4 is 6.29 Å². The fourth-order valence-electron chi connectivity index (χ4n) is 0.974. The molecule has 1 fully saturated rings. The van der Waals surface area contributed by atoms with E-state index < -0.39 is 0 Å². The predicted octanol–water partition coefficient (Wildman–Crippen LogP) is -0.397. The minimum Gasteiger partial charge on any atom is -0.374 e. The Labute approximate surface area is 60.7 Å². The van der Waals surface area contributed by atoms with Crippen LogP contribution in [0.3, 0.4) is 0 Å². The van der Waals surface area contributed by atoms with E-state index in [9.17, 15) is 4.79 Å². The van der Waals surface area contributed by atoms with Crippen LogP contribution >= 0.6 is 0 Å². The maximum absolute atomic E-state index is 9.87. The number of aldehydes is 1. The van der Waals surface area contributed by atoms with E-state index in [1.54, 1.807) is 0 Å². The summed E-state index contributed by atoms with van der Waals surface area (Å²) in [5, 5.41) is 3.14. The molecular weight excluding hydrogens is 128 g/mol. The third kappa shape index (κ3) is 1.57. The van der Waals surface area contributed by atoms with Gasteiger partial charge in [0.15, 0.2) is 0 Å². The summed E-state index contributed by atoms with van der Waals surface area (Å²) in [6, 6.07) is 0.608. The summed E-state index contributed by atoms with van der Waals surface area (Å²) >= 11 is 0. The van der Waals surface area contributed by atoms with E-state index in [-0.39, 0.29) is 0 Å².